The minimum absolute atomic E-state index is 0.353. The van der Waals surface area contributed by atoms with Crippen LogP contribution in [0.25, 0.3) is 0 Å². The molecule has 0 bridgehead atoms. The van der Waals surface area contributed by atoms with Gasteiger partial charge in [0.1, 0.15) is 0 Å². The molecule has 1 heterocycles. The standard InChI is InChI=1S/C7H10N2O2S/c1-3-11-7(10)6-4-5-9(8-6)12-2/h4-5H,3H2,1-2H3. The molecule has 12 heavy (non-hydrogen) atoms. The average Bonchev–Trinajstić information content (AvgIpc) is 2.52. The van der Waals surface area contributed by atoms with Crippen LogP contribution in [0.2, 0.25) is 0 Å². The van der Waals surface area contributed by atoms with Crippen LogP contribution in [0.5, 0.6) is 0 Å². The van der Waals surface area contributed by atoms with Crippen molar-refractivity contribution in [2.24, 2.45) is 0 Å². The maximum absolute atomic E-state index is 11.1. The van der Waals surface area contributed by atoms with Gasteiger partial charge in [-0.25, -0.2) is 8.88 Å². The topological polar surface area (TPSA) is 44.1 Å². The lowest BCUT2D eigenvalue weighted by molar-refractivity contribution is 0.0519. The number of aromatic nitrogens is 2. The van der Waals surface area contributed by atoms with Crippen LogP contribution < -0.4 is 0 Å². The fourth-order valence-electron chi connectivity index (χ4n) is 0.723. The Balaban J connectivity index is 2.68. The van der Waals surface area contributed by atoms with E-state index in [1.807, 2.05) is 6.26 Å². The zero-order valence-corrected chi connectivity index (χ0v) is 7.80. The van der Waals surface area contributed by atoms with Crippen LogP contribution >= 0.6 is 11.9 Å². The summed E-state index contributed by atoms with van der Waals surface area (Å²) in [4.78, 5) is 11.1. The number of esters is 1. The van der Waals surface area contributed by atoms with Crippen molar-refractivity contribution in [3.8, 4) is 0 Å². The zero-order valence-electron chi connectivity index (χ0n) is 6.98. The monoisotopic (exact) mass is 186 g/mol. The molecule has 0 radical (unpaired) electrons. The van der Waals surface area contributed by atoms with Crippen LogP contribution in [0, 0.1) is 0 Å². The highest BCUT2D eigenvalue weighted by Crippen LogP contribution is 2.03. The highest BCUT2D eigenvalue weighted by molar-refractivity contribution is 7.97. The summed E-state index contributed by atoms with van der Waals surface area (Å²) >= 11 is 1.42. The minimum atomic E-state index is -0.370. The van der Waals surface area contributed by atoms with Crippen molar-refractivity contribution in [1.29, 1.82) is 0 Å². The number of rotatable bonds is 3. The molecular formula is C7H10N2O2S. The molecule has 0 saturated heterocycles. The summed E-state index contributed by atoms with van der Waals surface area (Å²) in [7, 11) is 0. The lowest BCUT2D eigenvalue weighted by Crippen LogP contribution is -2.05. The van der Waals surface area contributed by atoms with Crippen molar-refractivity contribution < 1.29 is 9.53 Å². The molecule has 1 aromatic heterocycles. The van der Waals surface area contributed by atoms with E-state index in [0.717, 1.165) is 0 Å². The van der Waals surface area contributed by atoms with Crippen LogP contribution in [0.15, 0.2) is 12.3 Å². The molecule has 4 nitrogen and oxygen atoms in total. The van der Waals surface area contributed by atoms with Crippen molar-refractivity contribution in [2.45, 2.75) is 6.92 Å². The Morgan fingerprint density at radius 3 is 3.08 bits per heavy atom. The molecule has 0 amide bonds. The lowest BCUT2D eigenvalue weighted by atomic mass is 10.4. The van der Waals surface area contributed by atoms with E-state index in [1.54, 1.807) is 23.3 Å². The molecule has 0 aliphatic heterocycles. The molecule has 1 aromatic rings. The molecule has 0 fully saturated rings. The number of carbonyl (C=O) groups is 1. The molecule has 0 aliphatic carbocycles. The molecular weight excluding hydrogens is 176 g/mol. The Morgan fingerprint density at radius 2 is 2.58 bits per heavy atom. The summed E-state index contributed by atoms with van der Waals surface area (Å²) in [5.41, 5.74) is 0.353. The van der Waals surface area contributed by atoms with Gasteiger partial charge in [0.05, 0.1) is 6.61 Å². The van der Waals surface area contributed by atoms with E-state index in [0.29, 0.717) is 12.3 Å². The predicted molar refractivity (Wildman–Crippen MR) is 47.1 cm³/mol. The molecule has 0 spiro atoms. The molecule has 0 aromatic carbocycles. The molecule has 0 atom stereocenters. The second-order valence-corrected chi connectivity index (χ2v) is 2.75. The van der Waals surface area contributed by atoms with Crippen molar-refractivity contribution in [3.05, 3.63) is 18.0 Å². The predicted octanol–water partition coefficient (Wildman–Crippen LogP) is 1.19. The molecule has 0 saturated carbocycles. The van der Waals surface area contributed by atoms with Crippen LogP contribution in [0.4, 0.5) is 0 Å². The number of carbonyl (C=O) groups excluding carboxylic acids is 1. The Bertz CT molecular complexity index is 272. The van der Waals surface area contributed by atoms with E-state index in [1.165, 1.54) is 11.9 Å². The van der Waals surface area contributed by atoms with Gasteiger partial charge in [-0.2, -0.15) is 5.10 Å². The maximum Gasteiger partial charge on any atom is 0.358 e. The third-order valence-electron chi connectivity index (χ3n) is 1.24. The lowest BCUT2D eigenvalue weighted by Gasteiger charge is -1.96. The maximum atomic E-state index is 11.1. The Hall–Kier alpha value is -0.970. The Morgan fingerprint density at radius 1 is 1.83 bits per heavy atom. The fraction of sp³-hybridized carbons (Fsp3) is 0.429. The average molecular weight is 186 g/mol. The smallest absolute Gasteiger partial charge is 0.358 e. The zero-order chi connectivity index (χ0) is 8.97. The normalized spacial score (nSPS) is 9.83. The molecule has 0 aliphatic rings. The first-order valence-electron chi connectivity index (χ1n) is 3.55. The van der Waals surface area contributed by atoms with Gasteiger partial charge in [-0.15, -0.1) is 0 Å². The molecule has 1 rings (SSSR count). The van der Waals surface area contributed by atoms with Gasteiger partial charge >= 0.3 is 5.97 Å². The van der Waals surface area contributed by atoms with E-state index in [9.17, 15) is 4.79 Å². The van der Waals surface area contributed by atoms with Crippen LogP contribution in [-0.4, -0.2) is 28.0 Å². The summed E-state index contributed by atoms with van der Waals surface area (Å²) in [6.07, 6.45) is 3.60. The molecule has 0 N–H and O–H groups in total. The van der Waals surface area contributed by atoms with Crippen molar-refractivity contribution in [3.63, 3.8) is 0 Å². The van der Waals surface area contributed by atoms with Gasteiger partial charge in [0.15, 0.2) is 5.69 Å². The minimum Gasteiger partial charge on any atom is -0.461 e. The number of hydrogen-bond acceptors (Lipinski definition) is 4. The van der Waals surface area contributed by atoms with Gasteiger partial charge in [-0.1, -0.05) is 0 Å². The highest BCUT2D eigenvalue weighted by atomic mass is 32.2. The van der Waals surface area contributed by atoms with E-state index in [-0.39, 0.29) is 5.97 Å². The summed E-state index contributed by atoms with van der Waals surface area (Å²) < 4.78 is 6.37. The van der Waals surface area contributed by atoms with E-state index in [4.69, 9.17) is 4.74 Å². The second kappa shape index (κ2) is 4.15. The van der Waals surface area contributed by atoms with Gasteiger partial charge < -0.3 is 4.74 Å². The third-order valence-corrected chi connectivity index (χ3v) is 1.82. The largest absolute Gasteiger partial charge is 0.461 e. The van der Waals surface area contributed by atoms with E-state index < -0.39 is 0 Å². The Kier molecular flexibility index (Phi) is 3.16. The quantitative estimate of drug-likeness (QED) is 0.665. The molecule has 5 heteroatoms. The summed E-state index contributed by atoms with van der Waals surface area (Å²) in [5, 5.41) is 3.95. The van der Waals surface area contributed by atoms with Crippen LogP contribution in [0.1, 0.15) is 17.4 Å². The molecule has 66 valence electrons. The van der Waals surface area contributed by atoms with Gasteiger partial charge in [-0.3, -0.25) is 0 Å². The van der Waals surface area contributed by atoms with Gasteiger partial charge in [0, 0.05) is 12.5 Å². The number of nitrogens with zero attached hydrogens (tertiary/aromatic N) is 2. The summed E-state index contributed by atoms with van der Waals surface area (Å²) in [6.45, 7) is 2.15. The van der Waals surface area contributed by atoms with Crippen molar-refractivity contribution in [2.75, 3.05) is 12.9 Å². The van der Waals surface area contributed by atoms with E-state index >= 15 is 0 Å². The fourth-order valence-corrected chi connectivity index (χ4v) is 1.07. The summed E-state index contributed by atoms with van der Waals surface area (Å²) in [6, 6.07) is 1.63. The summed E-state index contributed by atoms with van der Waals surface area (Å²) in [5.74, 6) is -0.370. The highest BCUT2D eigenvalue weighted by Gasteiger charge is 2.08. The van der Waals surface area contributed by atoms with Gasteiger partial charge in [-0.05, 0) is 24.9 Å². The first-order valence-corrected chi connectivity index (χ1v) is 4.73. The second-order valence-electron chi connectivity index (χ2n) is 2.01. The number of ether oxygens (including phenoxy) is 1. The molecule has 0 unspecified atom stereocenters. The SMILES string of the molecule is CCOC(=O)c1ccn(SC)n1. The van der Waals surface area contributed by atoms with Gasteiger partial charge in [0.25, 0.3) is 0 Å². The van der Waals surface area contributed by atoms with Crippen molar-refractivity contribution in [1.82, 2.24) is 9.19 Å². The van der Waals surface area contributed by atoms with E-state index in [2.05, 4.69) is 5.10 Å². The number of hydrogen-bond donors (Lipinski definition) is 0. The van der Waals surface area contributed by atoms with Crippen LogP contribution in [0.3, 0.4) is 0 Å². The third kappa shape index (κ3) is 2.01. The van der Waals surface area contributed by atoms with Gasteiger partial charge in [0.2, 0.25) is 0 Å². The first kappa shape index (κ1) is 9.12. The van der Waals surface area contributed by atoms with Crippen molar-refractivity contribution >= 4 is 17.9 Å². The Labute approximate surface area is 75.0 Å². The first-order chi connectivity index (χ1) is 5.77. The van der Waals surface area contributed by atoms with Crippen LogP contribution in [-0.2, 0) is 4.74 Å².